The van der Waals surface area contributed by atoms with Crippen LogP contribution in [0, 0.1) is 0 Å². The second kappa shape index (κ2) is 4.41. The molecule has 4 nitrogen and oxygen atoms in total. The van der Waals surface area contributed by atoms with Gasteiger partial charge in [-0.3, -0.25) is 4.79 Å². The fourth-order valence-corrected chi connectivity index (χ4v) is 1.07. The van der Waals surface area contributed by atoms with E-state index in [2.05, 4.69) is 4.99 Å². The van der Waals surface area contributed by atoms with E-state index in [9.17, 15) is 4.79 Å². The number of aliphatic carboxylic acids is 1. The molecule has 0 bridgehead atoms. The third kappa shape index (κ3) is 3.26. The number of hydrogen-bond acceptors (Lipinski definition) is 2. The van der Waals surface area contributed by atoms with E-state index in [0.29, 0.717) is 5.84 Å². The Bertz CT molecular complexity index is 351. The van der Waals surface area contributed by atoms with Gasteiger partial charge < -0.3 is 10.8 Å². The number of carboxylic acid groups (broad SMARTS) is 1. The average molecular weight is 192 g/mol. The molecule has 0 atom stereocenters. The number of nitrogens with zero attached hydrogens (tertiary/aromatic N) is 1. The third-order valence-electron chi connectivity index (χ3n) is 1.60. The van der Waals surface area contributed by atoms with Crippen molar-refractivity contribution in [2.24, 2.45) is 10.7 Å². The van der Waals surface area contributed by atoms with Crippen molar-refractivity contribution in [3.8, 4) is 0 Å². The van der Waals surface area contributed by atoms with Gasteiger partial charge in [-0.05, 0) is 24.6 Å². The van der Waals surface area contributed by atoms with Gasteiger partial charge in [0.25, 0.3) is 0 Å². The molecule has 0 aliphatic carbocycles. The molecular formula is C10H12N2O2. The Labute approximate surface area is 82.1 Å². The molecule has 0 fully saturated rings. The van der Waals surface area contributed by atoms with Crippen molar-refractivity contribution >= 4 is 17.5 Å². The van der Waals surface area contributed by atoms with E-state index in [1.807, 2.05) is 0 Å². The number of carbonyl (C=O) groups is 1. The zero-order valence-electron chi connectivity index (χ0n) is 7.90. The molecule has 3 N–H and O–H groups in total. The van der Waals surface area contributed by atoms with Crippen molar-refractivity contribution in [3.05, 3.63) is 29.8 Å². The van der Waals surface area contributed by atoms with Crippen LogP contribution in [0.3, 0.4) is 0 Å². The minimum Gasteiger partial charge on any atom is -0.481 e. The predicted molar refractivity (Wildman–Crippen MR) is 54.7 cm³/mol. The van der Waals surface area contributed by atoms with Crippen molar-refractivity contribution in [1.29, 1.82) is 0 Å². The highest BCUT2D eigenvalue weighted by atomic mass is 16.4. The van der Waals surface area contributed by atoms with E-state index < -0.39 is 5.97 Å². The van der Waals surface area contributed by atoms with E-state index >= 15 is 0 Å². The first-order chi connectivity index (χ1) is 6.58. The Hall–Kier alpha value is -1.84. The number of rotatable bonds is 3. The van der Waals surface area contributed by atoms with Gasteiger partial charge in [0.15, 0.2) is 0 Å². The molecule has 0 heterocycles. The molecule has 1 aromatic rings. The highest BCUT2D eigenvalue weighted by Gasteiger charge is 1.99. The molecule has 0 saturated heterocycles. The molecular weight excluding hydrogens is 180 g/mol. The summed E-state index contributed by atoms with van der Waals surface area (Å²) in [6.45, 7) is 1.70. The zero-order chi connectivity index (χ0) is 10.6. The van der Waals surface area contributed by atoms with Gasteiger partial charge in [-0.2, -0.15) is 0 Å². The lowest BCUT2D eigenvalue weighted by Gasteiger charge is -1.98. The van der Waals surface area contributed by atoms with Crippen molar-refractivity contribution in [2.45, 2.75) is 13.3 Å². The number of benzene rings is 1. The molecule has 0 radical (unpaired) electrons. The first-order valence-corrected chi connectivity index (χ1v) is 4.19. The molecule has 0 aromatic heterocycles. The lowest BCUT2D eigenvalue weighted by atomic mass is 10.1. The van der Waals surface area contributed by atoms with E-state index in [1.54, 1.807) is 31.2 Å². The van der Waals surface area contributed by atoms with Crippen molar-refractivity contribution in [2.75, 3.05) is 0 Å². The van der Waals surface area contributed by atoms with Gasteiger partial charge in [0, 0.05) is 0 Å². The van der Waals surface area contributed by atoms with Gasteiger partial charge in [0.1, 0.15) is 0 Å². The van der Waals surface area contributed by atoms with Crippen LogP contribution >= 0.6 is 0 Å². The Balaban J connectivity index is 2.78. The van der Waals surface area contributed by atoms with Crippen LogP contribution in [0.2, 0.25) is 0 Å². The molecule has 4 heteroatoms. The van der Waals surface area contributed by atoms with Crippen LogP contribution in [0.25, 0.3) is 0 Å². The van der Waals surface area contributed by atoms with Gasteiger partial charge in [-0.25, -0.2) is 4.99 Å². The first kappa shape index (κ1) is 10.2. The summed E-state index contributed by atoms with van der Waals surface area (Å²) in [7, 11) is 0. The maximum absolute atomic E-state index is 10.4. The van der Waals surface area contributed by atoms with Crippen LogP contribution in [0.15, 0.2) is 29.3 Å². The normalized spacial score (nSPS) is 11.4. The Kier molecular flexibility index (Phi) is 3.23. The van der Waals surface area contributed by atoms with Crippen LogP contribution in [-0.2, 0) is 11.2 Å². The first-order valence-electron chi connectivity index (χ1n) is 4.19. The fourth-order valence-electron chi connectivity index (χ4n) is 1.07. The number of aliphatic imine (C=N–C) groups is 1. The van der Waals surface area contributed by atoms with Crippen LogP contribution in [-0.4, -0.2) is 16.9 Å². The summed E-state index contributed by atoms with van der Waals surface area (Å²) in [5.74, 6) is -0.354. The maximum atomic E-state index is 10.4. The Morgan fingerprint density at radius 1 is 1.43 bits per heavy atom. The molecule has 0 aliphatic heterocycles. The molecule has 0 saturated carbocycles. The predicted octanol–water partition coefficient (Wildman–Crippen LogP) is 1.32. The second-order valence-electron chi connectivity index (χ2n) is 2.99. The van der Waals surface area contributed by atoms with E-state index in [4.69, 9.17) is 10.8 Å². The molecule has 0 spiro atoms. The minimum absolute atomic E-state index is 0.0333. The van der Waals surface area contributed by atoms with Crippen molar-refractivity contribution < 1.29 is 9.90 Å². The summed E-state index contributed by atoms with van der Waals surface area (Å²) >= 11 is 0. The van der Waals surface area contributed by atoms with E-state index in [0.717, 1.165) is 11.3 Å². The van der Waals surface area contributed by atoms with Gasteiger partial charge >= 0.3 is 5.97 Å². The molecule has 0 aliphatic rings. The topological polar surface area (TPSA) is 75.7 Å². The van der Waals surface area contributed by atoms with E-state index in [-0.39, 0.29) is 6.42 Å². The van der Waals surface area contributed by atoms with Crippen molar-refractivity contribution in [1.82, 2.24) is 0 Å². The fraction of sp³-hybridized carbons (Fsp3) is 0.200. The van der Waals surface area contributed by atoms with Crippen molar-refractivity contribution in [3.63, 3.8) is 0 Å². The van der Waals surface area contributed by atoms with Gasteiger partial charge in [-0.1, -0.05) is 12.1 Å². The van der Waals surface area contributed by atoms with Crippen LogP contribution in [0.1, 0.15) is 12.5 Å². The zero-order valence-corrected chi connectivity index (χ0v) is 7.90. The molecule has 1 aromatic carbocycles. The third-order valence-corrected chi connectivity index (χ3v) is 1.60. The lowest BCUT2D eigenvalue weighted by Crippen LogP contribution is -2.03. The minimum atomic E-state index is -0.837. The number of hydrogen-bond donors (Lipinski definition) is 2. The van der Waals surface area contributed by atoms with Crippen LogP contribution in [0.4, 0.5) is 5.69 Å². The Morgan fingerprint density at radius 2 is 2.00 bits per heavy atom. The summed E-state index contributed by atoms with van der Waals surface area (Å²) in [4.78, 5) is 14.4. The SMILES string of the molecule is CC(N)=Nc1ccc(CC(=O)O)cc1. The summed E-state index contributed by atoms with van der Waals surface area (Å²) in [6, 6.07) is 6.95. The highest BCUT2D eigenvalue weighted by molar-refractivity contribution is 5.80. The largest absolute Gasteiger partial charge is 0.481 e. The highest BCUT2D eigenvalue weighted by Crippen LogP contribution is 2.13. The maximum Gasteiger partial charge on any atom is 0.307 e. The number of carboxylic acids is 1. The molecule has 0 amide bonds. The number of nitrogens with two attached hydrogens (primary N) is 1. The van der Waals surface area contributed by atoms with Gasteiger partial charge in [0.05, 0.1) is 17.9 Å². The Morgan fingerprint density at radius 3 is 2.43 bits per heavy atom. The summed E-state index contributed by atoms with van der Waals surface area (Å²) in [5, 5.41) is 8.53. The summed E-state index contributed by atoms with van der Waals surface area (Å²) in [5.41, 5.74) is 6.89. The molecule has 74 valence electrons. The standard InChI is InChI=1S/C10H12N2O2/c1-7(11)12-9-4-2-8(3-5-9)6-10(13)14/h2-5H,6H2,1H3,(H2,11,12)(H,13,14). The molecule has 0 unspecified atom stereocenters. The van der Waals surface area contributed by atoms with Crippen LogP contribution in [0.5, 0.6) is 0 Å². The monoisotopic (exact) mass is 192 g/mol. The smallest absolute Gasteiger partial charge is 0.307 e. The summed E-state index contributed by atoms with van der Waals surface area (Å²) < 4.78 is 0. The molecule has 14 heavy (non-hydrogen) atoms. The van der Waals surface area contributed by atoms with E-state index in [1.165, 1.54) is 0 Å². The lowest BCUT2D eigenvalue weighted by molar-refractivity contribution is -0.136. The second-order valence-corrected chi connectivity index (χ2v) is 2.99. The van der Waals surface area contributed by atoms with Gasteiger partial charge in [0.2, 0.25) is 0 Å². The summed E-state index contributed by atoms with van der Waals surface area (Å²) in [6.07, 6.45) is 0.0333. The van der Waals surface area contributed by atoms with Gasteiger partial charge in [-0.15, -0.1) is 0 Å². The van der Waals surface area contributed by atoms with Crippen LogP contribution < -0.4 is 5.73 Å². The number of amidine groups is 1. The quantitative estimate of drug-likeness (QED) is 0.560. The molecule has 1 rings (SSSR count). The average Bonchev–Trinajstić information content (AvgIpc) is 2.06.